The molecule has 1 aliphatic heterocycles. The number of benzene rings is 1. The fraction of sp³-hybridized carbons (Fsp3) is 0.600. The molecule has 1 saturated carbocycles. The van der Waals surface area contributed by atoms with Crippen molar-refractivity contribution >= 4 is 23.4 Å². The molecule has 5 heteroatoms. The van der Waals surface area contributed by atoms with Crippen LogP contribution in [0.15, 0.2) is 12.1 Å². The molecule has 110 valence electrons. The van der Waals surface area contributed by atoms with Gasteiger partial charge in [0.05, 0.1) is 5.02 Å². The molecule has 0 radical (unpaired) electrons. The fourth-order valence-electron chi connectivity index (χ4n) is 2.90. The van der Waals surface area contributed by atoms with Gasteiger partial charge in [0, 0.05) is 17.8 Å². The Hall–Kier alpha value is -0.580. The van der Waals surface area contributed by atoms with Gasteiger partial charge >= 0.3 is 0 Å². The number of fused-ring (bicyclic) bond motifs is 1. The third-order valence-electron chi connectivity index (χ3n) is 3.87. The number of thioether (sulfide) groups is 1. The van der Waals surface area contributed by atoms with Crippen LogP contribution < -0.4 is 14.8 Å². The first-order valence-corrected chi connectivity index (χ1v) is 8.62. The van der Waals surface area contributed by atoms with Crippen LogP contribution >= 0.6 is 23.4 Å². The number of halogens is 1. The Balaban J connectivity index is 1.56. The van der Waals surface area contributed by atoms with Crippen LogP contribution in [0.3, 0.4) is 0 Å². The van der Waals surface area contributed by atoms with Gasteiger partial charge in [-0.25, -0.2) is 0 Å². The number of rotatable bonds is 5. The predicted octanol–water partition coefficient (Wildman–Crippen LogP) is 3.83. The highest BCUT2D eigenvalue weighted by Crippen LogP contribution is 2.40. The van der Waals surface area contributed by atoms with E-state index in [1.807, 2.05) is 12.1 Å². The molecule has 1 N–H and O–H groups in total. The van der Waals surface area contributed by atoms with Crippen LogP contribution in [-0.4, -0.2) is 23.8 Å². The summed E-state index contributed by atoms with van der Waals surface area (Å²) in [5.41, 5.74) is 1.16. The van der Waals surface area contributed by atoms with Crippen molar-refractivity contribution in [2.75, 3.05) is 12.5 Å². The van der Waals surface area contributed by atoms with Crippen LogP contribution in [0, 0.1) is 0 Å². The van der Waals surface area contributed by atoms with Crippen LogP contribution in [0.2, 0.25) is 5.02 Å². The molecule has 1 aliphatic carbocycles. The summed E-state index contributed by atoms with van der Waals surface area (Å²) in [6.07, 6.45) is 3.88. The molecule has 3 rings (SSSR count). The van der Waals surface area contributed by atoms with Crippen LogP contribution in [0.4, 0.5) is 0 Å². The van der Waals surface area contributed by atoms with Gasteiger partial charge in [0.2, 0.25) is 6.79 Å². The Morgan fingerprint density at radius 2 is 2.25 bits per heavy atom. The molecule has 0 spiro atoms. The summed E-state index contributed by atoms with van der Waals surface area (Å²) in [5, 5.41) is 5.11. The Kier molecular flexibility index (Phi) is 4.64. The van der Waals surface area contributed by atoms with Gasteiger partial charge in [-0.1, -0.05) is 18.5 Å². The second-order valence-corrected chi connectivity index (χ2v) is 7.26. The molecule has 0 amide bonds. The monoisotopic (exact) mass is 313 g/mol. The Bertz CT molecular complexity index is 483. The summed E-state index contributed by atoms with van der Waals surface area (Å²) in [7, 11) is 0. The third kappa shape index (κ3) is 3.18. The molecule has 3 nitrogen and oxygen atoms in total. The lowest BCUT2D eigenvalue weighted by atomic mass is 10.1. The van der Waals surface area contributed by atoms with Crippen LogP contribution in [0.25, 0.3) is 0 Å². The first-order chi connectivity index (χ1) is 9.76. The summed E-state index contributed by atoms with van der Waals surface area (Å²) in [6, 6.07) is 4.62. The minimum Gasteiger partial charge on any atom is -0.454 e. The molecule has 0 aromatic heterocycles. The van der Waals surface area contributed by atoms with E-state index < -0.39 is 0 Å². The first-order valence-electron chi connectivity index (χ1n) is 7.19. The van der Waals surface area contributed by atoms with Gasteiger partial charge in [0.1, 0.15) is 0 Å². The van der Waals surface area contributed by atoms with Crippen LogP contribution in [-0.2, 0) is 6.54 Å². The maximum absolute atomic E-state index is 6.20. The largest absolute Gasteiger partial charge is 0.454 e. The SMILES string of the molecule is CCSC1CCC(NCc2cc(Cl)c3c(c2)OCO3)C1. The Labute approximate surface area is 129 Å². The predicted molar refractivity (Wildman–Crippen MR) is 84.0 cm³/mol. The lowest BCUT2D eigenvalue weighted by Crippen LogP contribution is -2.26. The van der Waals surface area contributed by atoms with E-state index in [0.717, 1.165) is 23.1 Å². The first kappa shape index (κ1) is 14.4. The zero-order chi connectivity index (χ0) is 13.9. The average molecular weight is 314 g/mol. The van der Waals surface area contributed by atoms with Crippen molar-refractivity contribution in [3.8, 4) is 11.5 Å². The zero-order valence-electron chi connectivity index (χ0n) is 11.7. The molecule has 0 saturated heterocycles. The minimum atomic E-state index is 0.268. The van der Waals surface area contributed by atoms with E-state index in [1.165, 1.54) is 25.0 Å². The van der Waals surface area contributed by atoms with Crippen molar-refractivity contribution in [1.29, 1.82) is 0 Å². The molecule has 1 aromatic carbocycles. The topological polar surface area (TPSA) is 30.5 Å². The fourth-order valence-corrected chi connectivity index (χ4v) is 4.33. The lowest BCUT2D eigenvalue weighted by molar-refractivity contribution is 0.174. The van der Waals surface area contributed by atoms with E-state index in [2.05, 4.69) is 24.0 Å². The van der Waals surface area contributed by atoms with E-state index in [4.69, 9.17) is 21.1 Å². The number of hydrogen-bond donors (Lipinski definition) is 1. The van der Waals surface area contributed by atoms with Crippen LogP contribution in [0.5, 0.6) is 11.5 Å². The van der Waals surface area contributed by atoms with Gasteiger partial charge in [-0.2, -0.15) is 11.8 Å². The molecular formula is C15H20ClNO2S. The van der Waals surface area contributed by atoms with E-state index in [0.29, 0.717) is 16.8 Å². The molecule has 2 unspecified atom stereocenters. The summed E-state index contributed by atoms with van der Waals surface area (Å²) >= 11 is 8.28. The maximum Gasteiger partial charge on any atom is 0.231 e. The third-order valence-corrected chi connectivity index (χ3v) is 5.38. The highest BCUT2D eigenvalue weighted by atomic mass is 35.5. The van der Waals surface area contributed by atoms with E-state index in [-0.39, 0.29) is 6.79 Å². The van der Waals surface area contributed by atoms with Crippen molar-refractivity contribution in [3.05, 3.63) is 22.7 Å². The van der Waals surface area contributed by atoms with Crippen molar-refractivity contribution in [2.45, 2.75) is 44.0 Å². The highest BCUT2D eigenvalue weighted by molar-refractivity contribution is 7.99. The van der Waals surface area contributed by atoms with Crippen molar-refractivity contribution in [1.82, 2.24) is 5.32 Å². The van der Waals surface area contributed by atoms with Crippen molar-refractivity contribution in [3.63, 3.8) is 0 Å². The van der Waals surface area contributed by atoms with Crippen LogP contribution in [0.1, 0.15) is 31.7 Å². The molecule has 2 atom stereocenters. The second-order valence-electron chi connectivity index (χ2n) is 5.28. The van der Waals surface area contributed by atoms with Crippen molar-refractivity contribution in [2.24, 2.45) is 0 Å². The smallest absolute Gasteiger partial charge is 0.231 e. The summed E-state index contributed by atoms with van der Waals surface area (Å²) in [6.45, 7) is 3.34. The maximum atomic E-state index is 6.20. The highest BCUT2D eigenvalue weighted by Gasteiger charge is 2.24. The molecule has 1 fully saturated rings. The Morgan fingerprint density at radius 3 is 3.10 bits per heavy atom. The average Bonchev–Trinajstić information content (AvgIpc) is 3.06. The number of ether oxygens (including phenoxy) is 2. The molecular weight excluding hydrogens is 294 g/mol. The van der Waals surface area contributed by atoms with Crippen molar-refractivity contribution < 1.29 is 9.47 Å². The summed E-state index contributed by atoms with van der Waals surface area (Å²) in [4.78, 5) is 0. The lowest BCUT2D eigenvalue weighted by Gasteiger charge is -2.13. The molecule has 1 aromatic rings. The summed E-state index contributed by atoms with van der Waals surface area (Å²) < 4.78 is 10.7. The van der Waals surface area contributed by atoms with Gasteiger partial charge in [0.15, 0.2) is 11.5 Å². The molecule has 1 heterocycles. The molecule has 2 aliphatic rings. The van der Waals surface area contributed by atoms with E-state index in [9.17, 15) is 0 Å². The van der Waals surface area contributed by atoms with Gasteiger partial charge < -0.3 is 14.8 Å². The van der Waals surface area contributed by atoms with E-state index >= 15 is 0 Å². The normalized spacial score (nSPS) is 24.3. The van der Waals surface area contributed by atoms with E-state index in [1.54, 1.807) is 0 Å². The number of nitrogens with one attached hydrogen (secondary N) is 1. The quantitative estimate of drug-likeness (QED) is 0.895. The molecule has 20 heavy (non-hydrogen) atoms. The van der Waals surface area contributed by atoms with Gasteiger partial charge in [-0.3, -0.25) is 0 Å². The van der Waals surface area contributed by atoms with Gasteiger partial charge in [-0.05, 0) is 42.7 Å². The second kappa shape index (κ2) is 6.46. The zero-order valence-corrected chi connectivity index (χ0v) is 13.2. The number of hydrogen-bond acceptors (Lipinski definition) is 4. The van der Waals surface area contributed by atoms with Gasteiger partial charge in [-0.15, -0.1) is 0 Å². The summed E-state index contributed by atoms with van der Waals surface area (Å²) in [5.74, 6) is 2.66. The Morgan fingerprint density at radius 1 is 1.35 bits per heavy atom. The minimum absolute atomic E-state index is 0.268. The standard InChI is InChI=1S/C15H20ClNO2S/c1-2-20-12-4-3-11(7-12)17-8-10-5-13(16)15-14(6-10)18-9-19-15/h5-6,11-12,17H,2-4,7-9H2,1H3. The molecule has 0 bridgehead atoms. The van der Waals surface area contributed by atoms with Gasteiger partial charge in [0.25, 0.3) is 0 Å².